The van der Waals surface area contributed by atoms with E-state index in [0.717, 1.165) is 21.2 Å². The molecule has 1 aliphatic heterocycles. The first-order valence-corrected chi connectivity index (χ1v) is 11.5. The van der Waals surface area contributed by atoms with E-state index >= 15 is 0 Å². The van der Waals surface area contributed by atoms with Crippen LogP contribution in [0.3, 0.4) is 0 Å². The van der Waals surface area contributed by atoms with Gasteiger partial charge in [0.05, 0.1) is 23.9 Å². The summed E-state index contributed by atoms with van der Waals surface area (Å²) in [5.74, 6) is 0.552. The molecule has 1 aromatic heterocycles. The quantitative estimate of drug-likeness (QED) is 0.215. The van der Waals surface area contributed by atoms with Gasteiger partial charge < -0.3 is 4.42 Å². The normalized spacial score (nSPS) is 17.2. The molecule has 1 aliphatic rings. The summed E-state index contributed by atoms with van der Waals surface area (Å²) in [6.45, 7) is 2.25. The van der Waals surface area contributed by atoms with Crippen LogP contribution in [0.2, 0.25) is 0 Å². The minimum atomic E-state index is -0.128. The highest BCUT2D eigenvalue weighted by Crippen LogP contribution is 2.34. The van der Waals surface area contributed by atoms with Crippen LogP contribution >= 0.6 is 27.7 Å². The molecule has 4 rings (SSSR count). The number of amides is 1. The molecule has 0 unspecified atom stereocenters. The van der Waals surface area contributed by atoms with Gasteiger partial charge in [-0.25, -0.2) is 0 Å². The van der Waals surface area contributed by atoms with Gasteiger partial charge in [-0.3, -0.25) is 9.69 Å². The van der Waals surface area contributed by atoms with Crippen LogP contribution < -0.4 is 0 Å². The fourth-order valence-corrected chi connectivity index (χ4v) is 4.40. The average molecular weight is 506 g/mol. The Labute approximate surface area is 199 Å². The van der Waals surface area contributed by atoms with Crippen LogP contribution in [-0.2, 0) is 11.3 Å². The third-order valence-electron chi connectivity index (χ3n) is 4.53. The van der Waals surface area contributed by atoms with Gasteiger partial charge in [0.15, 0.2) is 5.17 Å². The maximum absolute atomic E-state index is 13.1. The fraction of sp³-hybridized carbons (Fsp3) is 0.0800. The molecule has 32 heavy (non-hydrogen) atoms. The van der Waals surface area contributed by atoms with E-state index in [1.165, 1.54) is 11.8 Å². The number of amidine groups is 1. The van der Waals surface area contributed by atoms with Crippen LogP contribution in [0.25, 0.3) is 12.2 Å². The van der Waals surface area contributed by atoms with E-state index in [1.807, 2.05) is 79.7 Å². The molecule has 1 saturated heterocycles. The second kappa shape index (κ2) is 10.4. The number of nitrogens with zero attached hydrogens (tertiary/aromatic N) is 3. The zero-order chi connectivity index (χ0) is 22.3. The third kappa shape index (κ3) is 5.75. The molecule has 7 heteroatoms. The Balaban J connectivity index is 1.58. The van der Waals surface area contributed by atoms with Crippen molar-refractivity contribution in [2.24, 2.45) is 10.2 Å². The van der Waals surface area contributed by atoms with Crippen LogP contribution in [0.1, 0.15) is 23.8 Å². The lowest BCUT2D eigenvalue weighted by Gasteiger charge is -2.12. The van der Waals surface area contributed by atoms with Gasteiger partial charge in [-0.05, 0) is 65.7 Å². The van der Waals surface area contributed by atoms with E-state index in [0.29, 0.717) is 22.4 Å². The Kier molecular flexibility index (Phi) is 7.19. The molecule has 160 valence electrons. The number of carbonyl (C=O) groups is 1. The molecule has 2 heterocycles. The summed E-state index contributed by atoms with van der Waals surface area (Å²) in [5.41, 5.74) is 2.98. The molecular formula is C25H20BrN3O2S. The van der Waals surface area contributed by atoms with Crippen molar-refractivity contribution >= 4 is 57.1 Å². The second-order valence-electron chi connectivity index (χ2n) is 7.06. The van der Waals surface area contributed by atoms with E-state index in [-0.39, 0.29) is 5.91 Å². The highest BCUT2D eigenvalue weighted by atomic mass is 79.9. The summed E-state index contributed by atoms with van der Waals surface area (Å²) in [6, 6.07) is 21.4. The lowest BCUT2D eigenvalue weighted by Crippen LogP contribution is -2.28. The van der Waals surface area contributed by atoms with Gasteiger partial charge in [-0.15, -0.1) is 5.10 Å². The van der Waals surface area contributed by atoms with Crippen molar-refractivity contribution in [1.29, 1.82) is 0 Å². The van der Waals surface area contributed by atoms with Gasteiger partial charge >= 0.3 is 0 Å². The lowest BCUT2D eigenvalue weighted by molar-refractivity contribution is -0.122. The molecule has 1 amide bonds. The highest BCUT2D eigenvalue weighted by Gasteiger charge is 2.34. The summed E-state index contributed by atoms with van der Waals surface area (Å²) < 4.78 is 6.39. The van der Waals surface area contributed by atoms with Crippen molar-refractivity contribution in [1.82, 2.24) is 4.90 Å². The van der Waals surface area contributed by atoms with Crippen molar-refractivity contribution in [3.8, 4) is 0 Å². The number of hydrogen-bond acceptors (Lipinski definition) is 5. The Morgan fingerprint density at radius 2 is 1.91 bits per heavy atom. The zero-order valence-corrected chi connectivity index (χ0v) is 19.7. The number of benzene rings is 2. The highest BCUT2D eigenvalue weighted by molar-refractivity contribution is 9.10. The molecule has 0 N–H and O–H groups in total. The summed E-state index contributed by atoms with van der Waals surface area (Å²) in [5, 5.41) is 9.09. The van der Waals surface area contributed by atoms with Crippen LogP contribution in [-0.4, -0.2) is 22.2 Å². The summed E-state index contributed by atoms with van der Waals surface area (Å²) >= 11 is 4.77. The fourth-order valence-electron chi connectivity index (χ4n) is 3.05. The number of halogens is 1. The largest absolute Gasteiger partial charge is 0.467 e. The second-order valence-corrected chi connectivity index (χ2v) is 8.99. The topological polar surface area (TPSA) is 58.2 Å². The Bertz CT molecular complexity index is 1220. The van der Waals surface area contributed by atoms with E-state index in [4.69, 9.17) is 4.42 Å². The van der Waals surface area contributed by atoms with E-state index in [9.17, 15) is 4.79 Å². The number of thioether (sulfide) groups is 1. The Hall–Kier alpha value is -3.16. The number of allylic oxidation sites excluding steroid dienone is 1. The van der Waals surface area contributed by atoms with Crippen LogP contribution in [0.15, 0.2) is 103 Å². The summed E-state index contributed by atoms with van der Waals surface area (Å²) in [4.78, 5) is 15.3. The van der Waals surface area contributed by atoms with Gasteiger partial charge in [-0.1, -0.05) is 64.5 Å². The van der Waals surface area contributed by atoms with Crippen molar-refractivity contribution in [3.05, 3.63) is 105 Å². The Morgan fingerprint density at radius 1 is 1.09 bits per heavy atom. The number of furan rings is 1. The smallest absolute Gasteiger partial charge is 0.267 e. The maximum atomic E-state index is 13.1. The number of carbonyl (C=O) groups excluding carboxylic acids is 1. The third-order valence-corrected chi connectivity index (χ3v) is 6.02. The molecular weight excluding hydrogens is 486 g/mol. The number of hydrogen-bond donors (Lipinski definition) is 0. The zero-order valence-electron chi connectivity index (χ0n) is 17.3. The Morgan fingerprint density at radius 3 is 2.66 bits per heavy atom. The SMILES string of the molecule is CC(/C=N/N=C1\S/C(=C\c2cccc(Br)c2)C(=O)N1Cc1ccco1)=C\c1ccccc1. The van der Waals surface area contributed by atoms with Crippen LogP contribution in [0.4, 0.5) is 0 Å². The predicted octanol–water partition coefficient (Wildman–Crippen LogP) is 6.60. The molecule has 0 bridgehead atoms. The standard InChI is InChI=1S/C25H20BrN3O2S/c1-18(13-19-7-3-2-4-8-19)16-27-28-25-29(17-22-11-6-12-31-22)24(30)23(32-25)15-20-9-5-10-21(26)14-20/h2-16H,17H2,1H3/b18-13+,23-15-,27-16+,28-25-. The average Bonchev–Trinajstić information content (AvgIpc) is 3.39. The van der Waals surface area contributed by atoms with E-state index in [2.05, 4.69) is 26.1 Å². The van der Waals surface area contributed by atoms with Crippen molar-refractivity contribution in [3.63, 3.8) is 0 Å². The summed E-state index contributed by atoms with van der Waals surface area (Å²) in [6.07, 6.45) is 7.16. The van der Waals surface area contributed by atoms with Gasteiger partial charge in [0, 0.05) is 4.47 Å². The number of rotatable bonds is 6. The first-order chi connectivity index (χ1) is 15.6. The van der Waals surface area contributed by atoms with Gasteiger partial charge in [0.2, 0.25) is 0 Å². The van der Waals surface area contributed by atoms with Crippen LogP contribution in [0, 0.1) is 0 Å². The van der Waals surface area contributed by atoms with E-state index in [1.54, 1.807) is 23.4 Å². The molecule has 0 saturated carbocycles. The molecule has 0 radical (unpaired) electrons. The minimum absolute atomic E-state index is 0.128. The summed E-state index contributed by atoms with van der Waals surface area (Å²) in [7, 11) is 0. The van der Waals surface area contributed by atoms with Gasteiger partial charge in [-0.2, -0.15) is 5.10 Å². The molecule has 2 aromatic carbocycles. The molecule has 3 aromatic rings. The van der Waals surface area contributed by atoms with Gasteiger partial charge in [0.1, 0.15) is 5.76 Å². The first-order valence-electron chi connectivity index (χ1n) is 9.92. The van der Waals surface area contributed by atoms with Crippen LogP contribution in [0.5, 0.6) is 0 Å². The molecule has 0 atom stereocenters. The molecule has 1 fully saturated rings. The monoisotopic (exact) mass is 505 g/mol. The molecule has 0 aliphatic carbocycles. The molecule has 0 spiro atoms. The van der Waals surface area contributed by atoms with E-state index < -0.39 is 0 Å². The first kappa shape index (κ1) is 22.0. The van der Waals surface area contributed by atoms with Gasteiger partial charge in [0.25, 0.3) is 5.91 Å². The van der Waals surface area contributed by atoms with Crippen molar-refractivity contribution in [2.75, 3.05) is 0 Å². The molecule has 5 nitrogen and oxygen atoms in total. The maximum Gasteiger partial charge on any atom is 0.267 e. The van der Waals surface area contributed by atoms with Crippen molar-refractivity contribution in [2.45, 2.75) is 13.5 Å². The van der Waals surface area contributed by atoms with Crippen molar-refractivity contribution < 1.29 is 9.21 Å². The lowest BCUT2D eigenvalue weighted by atomic mass is 10.1. The predicted molar refractivity (Wildman–Crippen MR) is 135 cm³/mol. The minimum Gasteiger partial charge on any atom is -0.467 e.